The van der Waals surface area contributed by atoms with Crippen molar-refractivity contribution in [1.82, 2.24) is 0 Å². The first-order chi connectivity index (χ1) is 12.7. The van der Waals surface area contributed by atoms with Crippen LogP contribution < -0.4 is 0 Å². The van der Waals surface area contributed by atoms with Crippen LogP contribution in [0.3, 0.4) is 0 Å². The Bertz CT molecular complexity index is 1140. The maximum Gasteiger partial charge on any atom is 0.346 e. The number of carbonyl (C=O) groups is 1. The molecule has 0 bridgehead atoms. The average molecular weight is 425 g/mol. The van der Waals surface area contributed by atoms with Crippen molar-refractivity contribution in [3.05, 3.63) is 75.4 Å². The van der Waals surface area contributed by atoms with Crippen molar-refractivity contribution in [2.75, 3.05) is 0 Å². The van der Waals surface area contributed by atoms with Crippen molar-refractivity contribution >= 4 is 38.7 Å². The number of benzene rings is 2. The normalized spacial score (nSPS) is 11.5. The summed E-state index contributed by atoms with van der Waals surface area (Å²) in [6.07, 6.45) is 0. The largest absolute Gasteiger partial charge is 0.477 e. The molecule has 0 unspecified atom stereocenters. The van der Waals surface area contributed by atoms with Gasteiger partial charge in [-0.25, -0.2) is 17.6 Å². The second-order valence-electron chi connectivity index (χ2n) is 5.92. The molecule has 0 radical (unpaired) electrons. The molecule has 0 atom stereocenters. The van der Waals surface area contributed by atoms with Gasteiger partial charge in [-0.2, -0.15) is 0 Å². The molecule has 0 aliphatic heterocycles. The summed E-state index contributed by atoms with van der Waals surface area (Å²) in [6.45, 7) is 1.68. The second kappa shape index (κ2) is 7.42. The van der Waals surface area contributed by atoms with E-state index in [0.29, 0.717) is 16.0 Å². The van der Waals surface area contributed by atoms with Crippen LogP contribution in [-0.2, 0) is 15.6 Å². The third kappa shape index (κ3) is 4.05. The van der Waals surface area contributed by atoms with Crippen molar-refractivity contribution in [3.63, 3.8) is 0 Å². The molecule has 1 N–H and O–H groups in total. The number of aromatic carboxylic acids is 1. The molecule has 0 spiro atoms. The highest BCUT2D eigenvalue weighted by atomic mass is 35.5. The molecule has 0 saturated carbocycles. The van der Waals surface area contributed by atoms with E-state index >= 15 is 0 Å². The number of halogens is 2. The Morgan fingerprint density at radius 1 is 1.19 bits per heavy atom. The minimum absolute atomic E-state index is 0.0453. The van der Waals surface area contributed by atoms with Gasteiger partial charge in [0, 0.05) is 4.88 Å². The zero-order chi connectivity index (χ0) is 19.8. The molecule has 0 saturated heterocycles. The van der Waals surface area contributed by atoms with E-state index in [1.807, 2.05) is 0 Å². The zero-order valence-corrected chi connectivity index (χ0v) is 16.5. The van der Waals surface area contributed by atoms with Gasteiger partial charge in [0.05, 0.1) is 15.7 Å². The summed E-state index contributed by atoms with van der Waals surface area (Å²) in [6, 6.07) is 12.1. The molecule has 3 rings (SSSR count). The molecular weight excluding hydrogens is 411 g/mol. The molecule has 0 amide bonds. The average Bonchev–Trinajstić information content (AvgIpc) is 3.01. The van der Waals surface area contributed by atoms with Gasteiger partial charge in [0.25, 0.3) is 0 Å². The standard InChI is InChI=1S/C19H14ClFO4S2/c1-11-4-2-3-5-17(11)27(24,25)10-13-9-16(26-18(13)19(22)23)12-6-7-14(20)15(21)8-12/h2-9H,10H2,1H3,(H,22,23). The maximum absolute atomic E-state index is 13.7. The molecule has 1 aromatic heterocycles. The van der Waals surface area contributed by atoms with Gasteiger partial charge in [-0.05, 0) is 47.9 Å². The number of rotatable bonds is 5. The van der Waals surface area contributed by atoms with Crippen molar-refractivity contribution in [1.29, 1.82) is 0 Å². The molecule has 140 valence electrons. The molecular formula is C19H14ClFO4S2. The van der Waals surface area contributed by atoms with Crippen molar-refractivity contribution in [2.45, 2.75) is 17.6 Å². The van der Waals surface area contributed by atoms with Gasteiger partial charge in [0.2, 0.25) is 0 Å². The molecule has 2 aromatic carbocycles. The number of hydrogen-bond acceptors (Lipinski definition) is 4. The molecule has 1 heterocycles. The Morgan fingerprint density at radius 2 is 1.89 bits per heavy atom. The number of carboxylic acid groups (broad SMARTS) is 1. The summed E-state index contributed by atoms with van der Waals surface area (Å²) in [4.78, 5) is 12.1. The topological polar surface area (TPSA) is 71.4 Å². The highest BCUT2D eigenvalue weighted by Crippen LogP contribution is 2.35. The van der Waals surface area contributed by atoms with Crippen LogP contribution in [-0.4, -0.2) is 19.5 Å². The van der Waals surface area contributed by atoms with Crippen LogP contribution in [0.2, 0.25) is 5.02 Å². The number of thiophene rings is 1. The molecule has 3 aromatic rings. The van der Waals surface area contributed by atoms with E-state index in [4.69, 9.17) is 11.6 Å². The monoisotopic (exact) mass is 424 g/mol. The summed E-state index contributed by atoms with van der Waals surface area (Å²) in [5, 5.41) is 9.42. The minimum Gasteiger partial charge on any atom is -0.477 e. The van der Waals surface area contributed by atoms with Crippen molar-refractivity contribution in [3.8, 4) is 10.4 Å². The fraction of sp³-hybridized carbons (Fsp3) is 0.105. The lowest BCUT2D eigenvalue weighted by molar-refractivity contribution is 0.0701. The predicted octanol–water partition coefficient (Wildman–Crippen LogP) is 5.19. The van der Waals surface area contributed by atoms with Crippen LogP contribution in [0.15, 0.2) is 53.4 Å². The second-order valence-corrected chi connectivity index (χ2v) is 9.34. The van der Waals surface area contributed by atoms with E-state index in [2.05, 4.69) is 0 Å². The summed E-state index contributed by atoms with van der Waals surface area (Å²) in [5.41, 5.74) is 1.19. The first-order valence-corrected chi connectivity index (χ1v) is 10.6. The van der Waals surface area contributed by atoms with E-state index in [1.54, 1.807) is 31.2 Å². The van der Waals surface area contributed by atoms with Crippen molar-refractivity contribution < 1.29 is 22.7 Å². The van der Waals surface area contributed by atoms with Gasteiger partial charge >= 0.3 is 5.97 Å². The Morgan fingerprint density at radius 3 is 2.52 bits per heavy atom. The number of hydrogen-bond donors (Lipinski definition) is 1. The van der Waals surface area contributed by atoms with Gasteiger partial charge in [0.1, 0.15) is 10.7 Å². The maximum atomic E-state index is 13.7. The lowest BCUT2D eigenvalue weighted by Gasteiger charge is -2.07. The first kappa shape index (κ1) is 19.5. The molecule has 27 heavy (non-hydrogen) atoms. The van der Waals surface area contributed by atoms with E-state index in [9.17, 15) is 22.7 Å². The Balaban J connectivity index is 2.05. The van der Waals surface area contributed by atoms with Gasteiger partial charge in [-0.15, -0.1) is 11.3 Å². The number of carboxylic acids is 1. The van der Waals surface area contributed by atoms with E-state index < -0.39 is 27.4 Å². The number of aryl methyl sites for hydroxylation is 1. The van der Waals surface area contributed by atoms with Crippen LogP contribution in [0, 0.1) is 12.7 Å². The van der Waals surface area contributed by atoms with Gasteiger partial charge in [0.15, 0.2) is 9.84 Å². The fourth-order valence-corrected chi connectivity index (χ4v) is 5.56. The van der Waals surface area contributed by atoms with E-state index in [0.717, 1.165) is 11.3 Å². The van der Waals surface area contributed by atoms with Crippen LogP contribution in [0.25, 0.3) is 10.4 Å². The quantitative estimate of drug-likeness (QED) is 0.612. The summed E-state index contributed by atoms with van der Waals surface area (Å²) >= 11 is 6.58. The Hall–Kier alpha value is -2.22. The Kier molecular flexibility index (Phi) is 5.37. The lowest BCUT2D eigenvalue weighted by Crippen LogP contribution is -2.08. The molecule has 0 aliphatic carbocycles. The van der Waals surface area contributed by atoms with Crippen LogP contribution in [0.1, 0.15) is 20.8 Å². The van der Waals surface area contributed by atoms with Crippen LogP contribution in [0.4, 0.5) is 4.39 Å². The third-order valence-corrected chi connectivity index (χ3v) is 7.32. The SMILES string of the molecule is Cc1ccccc1S(=O)(=O)Cc1cc(-c2ccc(Cl)c(F)c2)sc1C(=O)O. The highest BCUT2D eigenvalue weighted by molar-refractivity contribution is 7.90. The minimum atomic E-state index is -3.74. The van der Waals surface area contributed by atoms with Gasteiger partial charge in [-0.3, -0.25) is 0 Å². The molecule has 0 aliphatic rings. The van der Waals surface area contributed by atoms with Crippen LogP contribution >= 0.6 is 22.9 Å². The third-order valence-electron chi connectivity index (χ3n) is 3.98. The predicted molar refractivity (Wildman–Crippen MR) is 104 cm³/mol. The van der Waals surface area contributed by atoms with Crippen LogP contribution in [0.5, 0.6) is 0 Å². The summed E-state index contributed by atoms with van der Waals surface area (Å²) in [7, 11) is -3.74. The number of sulfone groups is 1. The summed E-state index contributed by atoms with van der Waals surface area (Å²) in [5.74, 6) is -2.31. The van der Waals surface area contributed by atoms with Crippen molar-refractivity contribution in [2.24, 2.45) is 0 Å². The first-order valence-electron chi connectivity index (χ1n) is 7.79. The molecule has 8 heteroatoms. The highest BCUT2D eigenvalue weighted by Gasteiger charge is 2.24. The van der Waals surface area contributed by atoms with E-state index in [-0.39, 0.29) is 20.4 Å². The Labute approximate surface area is 164 Å². The fourth-order valence-electron chi connectivity index (χ4n) is 2.70. The van der Waals surface area contributed by atoms with Gasteiger partial charge < -0.3 is 5.11 Å². The molecule has 4 nitrogen and oxygen atoms in total. The molecule has 0 fully saturated rings. The van der Waals surface area contributed by atoms with E-state index in [1.165, 1.54) is 24.3 Å². The van der Waals surface area contributed by atoms with Gasteiger partial charge in [-0.1, -0.05) is 35.9 Å². The smallest absolute Gasteiger partial charge is 0.346 e. The zero-order valence-electron chi connectivity index (χ0n) is 14.1. The summed E-state index contributed by atoms with van der Waals surface area (Å²) < 4.78 is 39.3. The lowest BCUT2D eigenvalue weighted by atomic mass is 10.1.